The smallest absolute Gasteiger partial charge is 0.124 e. The number of hydrogen-bond donors (Lipinski definition) is 2. The van der Waals surface area contributed by atoms with Crippen LogP contribution in [0.25, 0.3) is 0 Å². The van der Waals surface area contributed by atoms with Crippen LogP contribution in [0.3, 0.4) is 0 Å². The van der Waals surface area contributed by atoms with E-state index in [4.69, 9.17) is 4.74 Å². The fraction of sp³-hybridized carbons (Fsp3) is 0.500. The molecule has 2 unspecified atom stereocenters. The summed E-state index contributed by atoms with van der Waals surface area (Å²) in [5, 5.41) is 6.81. The van der Waals surface area contributed by atoms with Gasteiger partial charge in [-0.15, -0.1) is 13.2 Å². The summed E-state index contributed by atoms with van der Waals surface area (Å²) in [5.74, 6) is 0. The van der Waals surface area contributed by atoms with E-state index in [0.29, 0.717) is 11.8 Å². The predicted octanol–water partition coefficient (Wildman–Crippen LogP) is 12.0. The van der Waals surface area contributed by atoms with Crippen LogP contribution in [0, 0.1) is 12.3 Å². The van der Waals surface area contributed by atoms with E-state index in [1.165, 1.54) is 16.7 Å². The number of aryl methyl sites for hydroxylation is 2. The minimum absolute atomic E-state index is 0.118. The lowest BCUT2D eigenvalue weighted by Crippen LogP contribution is -2.46. The van der Waals surface area contributed by atoms with Gasteiger partial charge < -0.3 is 20.2 Å². The van der Waals surface area contributed by atoms with Gasteiger partial charge in [-0.1, -0.05) is 123 Å². The Morgan fingerprint density at radius 1 is 0.920 bits per heavy atom. The van der Waals surface area contributed by atoms with E-state index in [1.54, 1.807) is 6.08 Å². The summed E-state index contributed by atoms with van der Waals surface area (Å²) in [4.78, 5) is 10.1. The molecule has 0 spiro atoms. The number of carbonyl (C=O) groups excluding carboxylic acids is 1. The minimum atomic E-state index is -0.118. The number of rotatable bonds is 15. The zero-order valence-electron chi connectivity index (χ0n) is 34.5. The molecule has 0 bridgehead atoms. The van der Waals surface area contributed by atoms with Gasteiger partial charge in [0.05, 0.1) is 11.6 Å². The summed E-state index contributed by atoms with van der Waals surface area (Å²) in [6.45, 7) is 41.4. The molecule has 2 aromatic rings. The highest BCUT2D eigenvalue weighted by atomic mass is 16.5. The van der Waals surface area contributed by atoms with Gasteiger partial charge in [0, 0.05) is 24.8 Å². The molecule has 2 aromatic carbocycles. The highest BCUT2D eigenvalue weighted by Gasteiger charge is 2.21. The third kappa shape index (κ3) is 31.8. The van der Waals surface area contributed by atoms with Crippen molar-refractivity contribution < 1.29 is 9.53 Å². The number of benzene rings is 2. The van der Waals surface area contributed by atoms with Crippen LogP contribution in [-0.2, 0) is 22.4 Å². The van der Waals surface area contributed by atoms with E-state index in [1.807, 2.05) is 65.1 Å². The van der Waals surface area contributed by atoms with Gasteiger partial charge in [-0.05, 0) is 112 Å². The van der Waals surface area contributed by atoms with Crippen LogP contribution in [0.15, 0.2) is 116 Å². The number of nitrogens with one attached hydrogen (secondary N) is 2. The number of hydrogen-bond acceptors (Lipinski definition) is 4. The molecule has 4 heteroatoms. The van der Waals surface area contributed by atoms with Crippen LogP contribution in [0.2, 0.25) is 0 Å². The fourth-order valence-electron chi connectivity index (χ4n) is 3.72. The summed E-state index contributed by atoms with van der Waals surface area (Å²) < 4.78 is 5.07. The second-order valence-corrected chi connectivity index (χ2v) is 14.4. The van der Waals surface area contributed by atoms with Crippen molar-refractivity contribution in [3.63, 3.8) is 0 Å². The van der Waals surface area contributed by atoms with Crippen molar-refractivity contribution >= 4 is 6.29 Å². The molecule has 0 heterocycles. The summed E-state index contributed by atoms with van der Waals surface area (Å²) in [7, 11) is 1.96. The Morgan fingerprint density at radius 2 is 1.46 bits per heavy atom. The average Bonchev–Trinajstić information content (AvgIpc) is 3.06. The molecule has 282 valence electrons. The van der Waals surface area contributed by atoms with Gasteiger partial charge in [0.15, 0.2) is 0 Å². The molecule has 0 aliphatic rings. The van der Waals surface area contributed by atoms with Gasteiger partial charge in [-0.3, -0.25) is 0 Å². The molecule has 2 N–H and O–H groups in total. The topological polar surface area (TPSA) is 50.4 Å². The van der Waals surface area contributed by atoms with Crippen LogP contribution in [-0.4, -0.2) is 37.6 Å². The predicted molar refractivity (Wildman–Crippen MR) is 225 cm³/mol. The molecule has 50 heavy (non-hydrogen) atoms. The quantitative estimate of drug-likeness (QED) is 0.144. The fourth-order valence-corrected chi connectivity index (χ4v) is 3.72. The minimum Gasteiger partial charge on any atom is -0.381 e. The second-order valence-electron chi connectivity index (χ2n) is 14.4. The van der Waals surface area contributed by atoms with Crippen LogP contribution < -0.4 is 10.6 Å². The van der Waals surface area contributed by atoms with Crippen molar-refractivity contribution in [3.8, 4) is 0 Å². The Morgan fingerprint density at radius 3 is 1.80 bits per heavy atom. The number of carbonyl (C=O) groups is 1. The normalized spacial score (nSPS) is 11.4. The van der Waals surface area contributed by atoms with E-state index >= 15 is 0 Å². The summed E-state index contributed by atoms with van der Waals surface area (Å²) in [5.41, 5.74) is 7.58. The Kier molecular flexibility index (Phi) is 30.9. The molecule has 0 saturated heterocycles. The van der Waals surface area contributed by atoms with E-state index in [2.05, 4.69) is 129 Å². The molecule has 2 rings (SSSR count). The van der Waals surface area contributed by atoms with Crippen molar-refractivity contribution in [2.75, 3.05) is 13.7 Å². The first kappa shape index (κ1) is 50.9. The highest BCUT2D eigenvalue weighted by molar-refractivity contribution is 5.54. The maximum absolute atomic E-state index is 10.1. The lowest BCUT2D eigenvalue weighted by Gasteiger charge is -2.31. The molecule has 0 aromatic heterocycles. The molecular weight excluding hydrogens is 613 g/mol. The standard InChI is InChI=1S/C19H30N2.C9H10O.C7H14.C6H12O.C5H10/c1-15(2)18(21-16(3)19(4,5)20-6)14-10-13-17-11-8-7-9-12-17;1-8-2-4-9(5-3-8)6-7-10;1-5-6-7(2,3)4;1-4-6(3)7-5-2;1-4-5(2)3/h7-9,11-12,18,20-21H,1,3,10,13-14H2,2,4-6H3;2-5,7H,6H2,1H3;5H,1,6H2,2-4H3;4,6H,1,5H2,2-3H3;4H,1-3H3. The van der Waals surface area contributed by atoms with Crippen LogP contribution in [0.4, 0.5) is 0 Å². The maximum Gasteiger partial charge on any atom is 0.124 e. The van der Waals surface area contributed by atoms with E-state index in [0.717, 1.165) is 55.4 Å². The molecule has 0 saturated carbocycles. The van der Waals surface area contributed by atoms with Crippen molar-refractivity contribution in [2.45, 2.75) is 133 Å². The van der Waals surface area contributed by atoms with Gasteiger partial charge in [-0.2, -0.15) is 0 Å². The van der Waals surface area contributed by atoms with Gasteiger partial charge in [-0.25, -0.2) is 0 Å². The molecule has 0 radical (unpaired) electrons. The lowest BCUT2D eigenvalue weighted by atomic mass is 9.93. The Balaban J connectivity index is -0.000000631. The Bertz CT molecular complexity index is 1200. The zero-order chi connectivity index (χ0) is 39.2. The zero-order valence-corrected chi connectivity index (χ0v) is 34.5. The third-order valence-corrected chi connectivity index (χ3v) is 7.66. The average molecular weight is 689 g/mol. The van der Waals surface area contributed by atoms with Gasteiger partial charge in [0.1, 0.15) is 6.29 Å². The van der Waals surface area contributed by atoms with Crippen molar-refractivity contribution in [3.05, 3.63) is 133 Å². The molecule has 0 fully saturated rings. The number of allylic oxidation sites excluding steroid dienone is 3. The summed E-state index contributed by atoms with van der Waals surface area (Å²) >= 11 is 0. The van der Waals surface area contributed by atoms with Crippen molar-refractivity contribution in [1.29, 1.82) is 0 Å². The largest absolute Gasteiger partial charge is 0.381 e. The monoisotopic (exact) mass is 689 g/mol. The molecule has 2 atom stereocenters. The first-order valence-electron chi connectivity index (χ1n) is 18.1. The molecule has 0 aliphatic heterocycles. The van der Waals surface area contributed by atoms with Gasteiger partial charge in [0.2, 0.25) is 0 Å². The van der Waals surface area contributed by atoms with Crippen LogP contribution in [0.5, 0.6) is 0 Å². The van der Waals surface area contributed by atoms with Crippen LogP contribution in [0.1, 0.15) is 112 Å². The van der Waals surface area contributed by atoms with E-state index in [9.17, 15) is 4.79 Å². The summed E-state index contributed by atoms with van der Waals surface area (Å²) in [6.07, 6.45) is 11.9. The summed E-state index contributed by atoms with van der Waals surface area (Å²) in [6, 6.07) is 18.9. The molecule has 0 aliphatic carbocycles. The second kappa shape index (κ2) is 30.4. The number of likely N-dealkylation sites (N-methyl/N-ethyl adjacent to an activating group) is 1. The SMILES string of the molecule is C=C(C)C(CCCc1ccccc1)NC(=C)C(C)(C)NC.C=CC(C)OCC.C=CCC(C)(C)C.CC=C(C)C.Cc1ccc(CC=O)cc1. The Hall–Kier alpha value is -3.47. The lowest BCUT2D eigenvalue weighted by molar-refractivity contribution is -0.107. The van der Waals surface area contributed by atoms with E-state index < -0.39 is 0 Å². The first-order valence-corrected chi connectivity index (χ1v) is 18.1. The van der Waals surface area contributed by atoms with Crippen molar-refractivity contribution in [1.82, 2.24) is 10.6 Å². The molecule has 4 nitrogen and oxygen atoms in total. The van der Waals surface area contributed by atoms with E-state index in [-0.39, 0.29) is 17.7 Å². The van der Waals surface area contributed by atoms with Crippen molar-refractivity contribution in [2.24, 2.45) is 5.41 Å². The number of aldehydes is 1. The van der Waals surface area contributed by atoms with Gasteiger partial charge >= 0.3 is 0 Å². The molecule has 0 amide bonds. The maximum atomic E-state index is 10.1. The molecular formula is C46H76N2O2. The first-order chi connectivity index (χ1) is 23.3. The number of ether oxygens (including phenoxy) is 1. The van der Waals surface area contributed by atoms with Crippen LogP contribution >= 0.6 is 0 Å². The van der Waals surface area contributed by atoms with Gasteiger partial charge in [0.25, 0.3) is 0 Å². The Labute approximate surface area is 310 Å². The highest BCUT2D eigenvalue weighted by Crippen LogP contribution is 2.18. The third-order valence-electron chi connectivity index (χ3n) is 7.66.